The van der Waals surface area contributed by atoms with Crippen LogP contribution in [0.1, 0.15) is 31.9 Å². The first kappa shape index (κ1) is 15.1. The molecule has 2 rings (SSSR count). The van der Waals surface area contributed by atoms with Gasteiger partial charge in [-0.2, -0.15) is 5.10 Å². The van der Waals surface area contributed by atoms with E-state index in [1.807, 2.05) is 0 Å². The van der Waals surface area contributed by atoms with E-state index in [4.69, 9.17) is 12.2 Å². The maximum atomic E-state index is 12.3. The molecule has 0 saturated carbocycles. The Morgan fingerprint density at radius 3 is 2.57 bits per heavy atom. The summed E-state index contributed by atoms with van der Waals surface area (Å²) in [5.74, 6) is -1.76. The number of hydrogen-bond acceptors (Lipinski definition) is 4. The first-order chi connectivity index (χ1) is 9.95. The molecule has 0 aliphatic carbocycles. The smallest absolute Gasteiger partial charge is 0.312 e. The third-order valence-electron chi connectivity index (χ3n) is 3.13. The highest BCUT2D eigenvalue weighted by Gasteiger charge is 2.23. The number of thiocarbonyl (C=S) groups is 1. The number of nitrogens with zero attached hydrogens (tertiary/aromatic N) is 2. The van der Waals surface area contributed by atoms with Crippen LogP contribution in [0.25, 0.3) is 10.8 Å². The van der Waals surface area contributed by atoms with E-state index in [1.54, 1.807) is 38.1 Å². The van der Waals surface area contributed by atoms with E-state index in [2.05, 4.69) is 10.5 Å². The lowest BCUT2D eigenvalue weighted by Crippen LogP contribution is -2.35. The van der Waals surface area contributed by atoms with Crippen LogP contribution in [-0.4, -0.2) is 26.0 Å². The third kappa shape index (κ3) is 2.92. The van der Waals surface area contributed by atoms with Gasteiger partial charge in [-0.1, -0.05) is 37.3 Å². The van der Waals surface area contributed by atoms with Crippen molar-refractivity contribution in [3.8, 4) is 0 Å². The Hall–Kier alpha value is -2.28. The molecule has 1 aromatic carbocycles. The van der Waals surface area contributed by atoms with Gasteiger partial charge in [-0.05, 0) is 19.4 Å². The Morgan fingerprint density at radius 2 is 2.05 bits per heavy atom. The third-order valence-corrected chi connectivity index (χ3v) is 3.22. The molecular formula is C14H15N3O3S. The summed E-state index contributed by atoms with van der Waals surface area (Å²) >= 11 is 4.92. The summed E-state index contributed by atoms with van der Waals surface area (Å²) in [6.07, 6.45) is 0.376. The van der Waals surface area contributed by atoms with Crippen molar-refractivity contribution in [2.75, 3.05) is 5.43 Å². The van der Waals surface area contributed by atoms with Crippen molar-refractivity contribution in [2.24, 2.45) is 0 Å². The Kier molecular flexibility index (Phi) is 4.32. The van der Waals surface area contributed by atoms with Crippen LogP contribution in [0.5, 0.6) is 0 Å². The van der Waals surface area contributed by atoms with Crippen molar-refractivity contribution in [2.45, 2.75) is 26.2 Å². The maximum absolute atomic E-state index is 12.3. The van der Waals surface area contributed by atoms with Gasteiger partial charge in [0.05, 0.1) is 16.1 Å². The summed E-state index contributed by atoms with van der Waals surface area (Å²) in [6.45, 7) is 3.38. The summed E-state index contributed by atoms with van der Waals surface area (Å²) in [4.78, 5) is 25.1. The summed E-state index contributed by atoms with van der Waals surface area (Å²) in [7, 11) is 0. The van der Waals surface area contributed by atoms with Crippen LogP contribution < -0.4 is 11.0 Å². The standard InChI is InChI=1S/C14H15N3O3S/c1-3-9(14(19)20)12-10-6-4-5-7-11(10)13(18)17(16-12)15-8(2)21/h4-7,9H,3H2,1-2H3,(H,15,21)(H,19,20). The van der Waals surface area contributed by atoms with Crippen LogP contribution in [0.15, 0.2) is 29.1 Å². The molecule has 0 aliphatic rings. The molecule has 1 heterocycles. The second-order valence-corrected chi connectivity index (χ2v) is 5.23. The zero-order chi connectivity index (χ0) is 15.6. The minimum absolute atomic E-state index is 0.351. The molecule has 1 aromatic heterocycles. The molecule has 110 valence electrons. The number of nitrogens with one attached hydrogen (secondary N) is 1. The van der Waals surface area contributed by atoms with E-state index < -0.39 is 11.9 Å². The van der Waals surface area contributed by atoms with Crippen molar-refractivity contribution in [1.29, 1.82) is 0 Å². The number of carboxylic acids is 1. The van der Waals surface area contributed by atoms with Crippen LogP contribution in [-0.2, 0) is 4.79 Å². The van der Waals surface area contributed by atoms with Gasteiger partial charge >= 0.3 is 5.97 Å². The Morgan fingerprint density at radius 1 is 1.43 bits per heavy atom. The predicted octanol–water partition coefficient (Wildman–Crippen LogP) is 1.87. The number of hydrogen-bond donors (Lipinski definition) is 2. The molecule has 0 saturated heterocycles. The number of carboxylic acid groups (broad SMARTS) is 1. The van der Waals surface area contributed by atoms with Gasteiger partial charge in [0.1, 0.15) is 5.92 Å². The van der Waals surface area contributed by atoms with Gasteiger partial charge in [0.15, 0.2) is 0 Å². The highest BCUT2D eigenvalue weighted by molar-refractivity contribution is 7.80. The van der Waals surface area contributed by atoms with Crippen LogP contribution in [0, 0.1) is 0 Å². The molecule has 6 nitrogen and oxygen atoms in total. The molecule has 21 heavy (non-hydrogen) atoms. The van der Waals surface area contributed by atoms with E-state index in [9.17, 15) is 14.7 Å². The normalized spacial score (nSPS) is 12.1. The fourth-order valence-electron chi connectivity index (χ4n) is 2.18. The minimum atomic E-state index is -0.973. The number of fused-ring (bicyclic) bond motifs is 1. The zero-order valence-electron chi connectivity index (χ0n) is 11.7. The highest BCUT2D eigenvalue weighted by atomic mass is 32.1. The van der Waals surface area contributed by atoms with Crippen molar-refractivity contribution in [3.63, 3.8) is 0 Å². The monoisotopic (exact) mass is 305 g/mol. The molecule has 0 spiro atoms. The lowest BCUT2D eigenvalue weighted by atomic mass is 9.98. The van der Waals surface area contributed by atoms with Crippen molar-refractivity contribution >= 4 is 33.9 Å². The van der Waals surface area contributed by atoms with Gasteiger partial charge in [0.25, 0.3) is 5.56 Å². The summed E-state index contributed by atoms with van der Waals surface area (Å²) in [5.41, 5.74) is 2.64. The summed E-state index contributed by atoms with van der Waals surface area (Å²) < 4.78 is 0. The van der Waals surface area contributed by atoms with E-state index in [-0.39, 0.29) is 5.56 Å². The van der Waals surface area contributed by atoms with Crippen LogP contribution >= 0.6 is 12.2 Å². The summed E-state index contributed by atoms with van der Waals surface area (Å²) in [5, 5.41) is 14.5. The fourth-order valence-corrected chi connectivity index (χ4v) is 2.27. The average Bonchev–Trinajstić information content (AvgIpc) is 2.43. The number of carbonyl (C=O) groups is 1. The molecule has 2 aromatic rings. The number of benzene rings is 1. The van der Waals surface area contributed by atoms with Crippen molar-refractivity contribution < 1.29 is 9.90 Å². The zero-order valence-corrected chi connectivity index (χ0v) is 12.5. The van der Waals surface area contributed by atoms with Crippen molar-refractivity contribution in [3.05, 3.63) is 40.3 Å². The van der Waals surface area contributed by atoms with E-state index in [1.165, 1.54) is 0 Å². The van der Waals surface area contributed by atoms with Gasteiger partial charge in [-0.3, -0.25) is 15.0 Å². The molecule has 0 fully saturated rings. The molecule has 0 bridgehead atoms. The minimum Gasteiger partial charge on any atom is -0.481 e. The van der Waals surface area contributed by atoms with Gasteiger partial charge in [-0.25, -0.2) is 0 Å². The molecule has 7 heteroatoms. The highest BCUT2D eigenvalue weighted by Crippen LogP contribution is 2.24. The Bertz CT molecular complexity index is 770. The molecule has 1 unspecified atom stereocenters. The average molecular weight is 305 g/mol. The molecule has 1 atom stereocenters. The van der Waals surface area contributed by atoms with E-state index >= 15 is 0 Å². The maximum Gasteiger partial charge on any atom is 0.312 e. The van der Waals surface area contributed by atoms with Crippen LogP contribution in [0.2, 0.25) is 0 Å². The number of rotatable bonds is 4. The molecule has 2 N–H and O–H groups in total. The Balaban J connectivity index is 2.79. The second kappa shape index (κ2) is 6.01. The molecule has 0 aliphatic heterocycles. The number of aromatic nitrogens is 2. The number of aliphatic carboxylic acids is 1. The van der Waals surface area contributed by atoms with Gasteiger partial charge in [-0.15, -0.1) is 4.79 Å². The SMILES string of the molecule is CCC(C(=O)O)c1nn(NC(C)=S)c(=O)c2ccccc12. The quantitative estimate of drug-likeness (QED) is 0.839. The van der Waals surface area contributed by atoms with E-state index in [0.717, 1.165) is 4.79 Å². The lowest BCUT2D eigenvalue weighted by Gasteiger charge is -2.15. The van der Waals surface area contributed by atoms with Crippen LogP contribution in [0.4, 0.5) is 0 Å². The topological polar surface area (TPSA) is 84.2 Å². The molecule has 0 amide bonds. The van der Waals surface area contributed by atoms with Gasteiger partial charge in [0.2, 0.25) is 0 Å². The van der Waals surface area contributed by atoms with Gasteiger partial charge < -0.3 is 5.11 Å². The Labute approximate surface area is 126 Å². The van der Waals surface area contributed by atoms with Crippen LogP contribution in [0.3, 0.4) is 0 Å². The fraction of sp³-hybridized carbons (Fsp3) is 0.286. The summed E-state index contributed by atoms with van der Waals surface area (Å²) in [6, 6.07) is 6.83. The first-order valence-electron chi connectivity index (χ1n) is 6.48. The lowest BCUT2D eigenvalue weighted by molar-refractivity contribution is -0.138. The molecular weight excluding hydrogens is 290 g/mol. The van der Waals surface area contributed by atoms with Crippen molar-refractivity contribution in [1.82, 2.24) is 9.89 Å². The van der Waals surface area contributed by atoms with Gasteiger partial charge in [0, 0.05) is 5.39 Å². The molecule has 0 radical (unpaired) electrons. The first-order valence-corrected chi connectivity index (χ1v) is 6.89. The van der Waals surface area contributed by atoms with E-state index in [0.29, 0.717) is 27.9 Å². The second-order valence-electron chi connectivity index (χ2n) is 4.61. The predicted molar refractivity (Wildman–Crippen MR) is 84.3 cm³/mol. The largest absolute Gasteiger partial charge is 0.481 e.